The van der Waals surface area contributed by atoms with Crippen LogP contribution >= 0.6 is 11.6 Å². The summed E-state index contributed by atoms with van der Waals surface area (Å²) in [6, 6.07) is 0. The second-order valence-corrected chi connectivity index (χ2v) is 4.01. The van der Waals surface area contributed by atoms with E-state index >= 15 is 0 Å². The molecule has 16 heavy (non-hydrogen) atoms. The maximum Gasteiger partial charge on any atom is 0.0593 e. The molecule has 0 aromatic rings. The maximum absolute atomic E-state index is 5.67. The summed E-state index contributed by atoms with van der Waals surface area (Å²) in [5.74, 6) is 0.755. The Morgan fingerprint density at radius 1 is 0.875 bits per heavy atom. The molecule has 0 amide bonds. The van der Waals surface area contributed by atoms with Crippen molar-refractivity contribution >= 4 is 11.6 Å². The third kappa shape index (κ3) is 10.7. The Morgan fingerprint density at radius 3 is 1.88 bits per heavy atom. The van der Waals surface area contributed by atoms with E-state index in [0.717, 1.165) is 64.8 Å². The molecule has 3 nitrogen and oxygen atoms in total. The lowest BCUT2D eigenvalue weighted by molar-refractivity contribution is 0.0823. The number of hydrogen-bond donors (Lipinski definition) is 0. The summed E-state index contributed by atoms with van der Waals surface area (Å²) in [4.78, 5) is 2.39. The van der Waals surface area contributed by atoms with Gasteiger partial charge in [0.05, 0.1) is 13.2 Å². The van der Waals surface area contributed by atoms with Gasteiger partial charge in [-0.25, -0.2) is 0 Å². The van der Waals surface area contributed by atoms with E-state index in [9.17, 15) is 0 Å². The Balaban J connectivity index is 3.58. The van der Waals surface area contributed by atoms with Gasteiger partial charge in [-0.15, -0.1) is 11.6 Å². The Bertz CT molecular complexity index is 112. The molecule has 0 aliphatic rings. The first-order valence-electron chi connectivity index (χ1n) is 6.28. The van der Waals surface area contributed by atoms with E-state index in [1.165, 1.54) is 0 Å². The molecule has 0 fully saturated rings. The van der Waals surface area contributed by atoms with Crippen molar-refractivity contribution in [2.75, 3.05) is 51.9 Å². The molecule has 0 radical (unpaired) electrons. The van der Waals surface area contributed by atoms with E-state index in [4.69, 9.17) is 21.1 Å². The fraction of sp³-hybridized carbons (Fsp3) is 1.00. The number of ether oxygens (including phenoxy) is 2. The quantitative estimate of drug-likeness (QED) is 0.393. The van der Waals surface area contributed by atoms with E-state index in [0.29, 0.717) is 0 Å². The zero-order chi connectivity index (χ0) is 12.1. The van der Waals surface area contributed by atoms with E-state index < -0.39 is 0 Å². The van der Waals surface area contributed by atoms with Crippen molar-refractivity contribution in [2.45, 2.75) is 26.7 Å². The van der Waals surface area contributed by atoms with Crippen LogP contribution in [0.25, 0.3) is 0 Å². The highest BCUT2D eigenvalue weighted by atomic mass is 35.5. The SMILES string of the molecule is CCOCCN(CCCCCl)CCOCC. The van der Waals surface area contributed by atoms with Crippen molar-refractivity contribution < 1.29 is 9.47 Å². The van der Waals surface area contributed by atoms with Crippen LogP contribution < -0.4 is 0 Å². The van der Waals surface area contributed by atoms with Crippen molar-refractivity contribution in [1.29, 1.82) is 0 Å². The molecule has 0 aromatic heterocycles. The number of hydrogen-bond acceptors (Lipinski definition) is 3. The number of alkyl halides is 1. The molecule has 0 heterocycles. The topological polar surface area (TPSA) is 21.7 Å². The van der Waals surface area contributed by atoms with Gasteiger partial charge in [0.25, 0.3) is 0 Å². The first-order valence-corrected chi connectivity index (χ1v) is 6.82. The number of unbranched alkanes of at least 4 members (excludes halogenated alkanes) is 1. The molecule has 0 aliphatic carbocycles. The van der Waals surface area contributed by atoms with Gasteiger partial charge in [0.15, 0.2) is 0 Å². The third-order valence-corrected chi connectivity index (χ3v) is 2.64. The lowest BCUT2D eigenvalue weighted by Crippen LogP contribution is -2.32. The van der Waals surface area contributed by atoms with Crippen LogP contribution in [0.4, 0.5) is 0 Å². The number of halogens is 1. The Labute approximate surface area is 105 Å². The minimum atomic E-state index is 0.755. The summed E-state index contributed by atoms with van der Waals surface area (Å²) < 4.78 is 10.7. The van der Waals surface area contributed by atoms with Crippen LogP contribution in [-0.4, -0.2) is 56.8 Å². The van der Waals surface area contributed by atoms with Gasteiger partial charge in [0.1, 0.15) is 0 Å². The standard InChI is InChI=1S/C12H26ClNO2/c1-3-15-11-9-14(8-6-5-7-13)10-12-16-4-2/h3-12H2,1-2H3. The average Bonchev–Trinajstić information content (AvgIpc) is 2.29. The van der Waals surface area contributed by atoms with Crippen molar-refractivity contribution in [1.82, 2.24) is 4.90 Å². The van der Waals surface area contributed by atoms with Gasteiger partial charge in [-0.05, 0) is 33.2 Å². The van der Waals surface area contributed by atoms with Crippen LogP contribution in [0.1, 0.15) is 26.7 Å². The molecule has 0 atom stereocenters. The van der Waals surface area contributed by atoms with E-state index in [2.05, 4.69) is 4.90 Å². The molecule has 98 valence electrons. The van der Waals surface area contributed by atoms with Crippen molar-refractivity contribution in [3.63, 3.8) is 0 Å². The molecule has 0 saturated carbocycles. The average molecular weight is 252 g/mol. The molecule has 0 aliphatic heterocycles. The minimum Gasteiger partial charge on any atom is -0.380 e. The fourth-order valence-electron chi connectivity index (χ4n) is 1.44. The van der Waals surface area contributed by atoms with Gasteiger partial charge < -0.3 is 9.47 Å². The van der Waals surface area contributed by atoms with Crippen LogP contribution in [-0.2, 0) is 9.47 Å². The fourth-order valence-corrected chi connectivity index (χ4v) is 1.63. The first kappa shape index (κ1) is 16.2. The minimum absolute atomic E-state index is 0.755. The molecular formula is C12H26ClNO2. The first-order chi connectivity index (χ1) is 7.85. The van der Waals surface area contributed by atoms with Crippen LogP contribution in [0.2, 0.25) is 0 Å². The van der Waals surface area contributed by atoms with Crippen LogP contribution in [0.15, 0.2) is 0 Å². The van der Waals surface area contributed by atoms with Gasteiger partial charge in [-0.2, -0.15) is 0 Å². The summed E-state index contributed by atoms with van der Waals surface area (Å²) in [5.41, 5.74) is 0. The van der Waals surface area contributed by atoms with E-state index in [-0.39, 0.29) is 0 Å². The lowest BCUT2D eigenvalue weighted by atomic mass is 10.3. The Morgan fingerprint density at radius 2 is 1.44 bits per heavy atom. The van der Waals surface area contributed by atoms with Gasteiger partial charge in [0, 0.05) is 32.2 Å². The van der Waals surface area contributed by atoms with E-state index in [1.807, 2.05) is 13.8 Å². The molecule has 0 saturated heterocycles. The summed E-state index contributed by atoms with van der Waals surface area (Å²) >= 11 is 5.67. The van der Waals surface area contributed by atoms with Crippen LogP contribution in [0, 0.1) is 0 Å². The highest BCUT2D eigenvalue weighted by Gasteiger charge is 2.04. The lowest BCUT2D eigenvalue weighted by Gasteiger charge is -2.21. The van der Waals surface area contributed by atoms with Crippen molar-refractivity contribution in [2.24, 2.45) is 0 Å². The summed E-state index contributed by atoms with van der Waals surface area (Å²) in [6.45, 7) is 10.3. The monoisotopic (exact) mass is 251 g/mol. The molecule has 4 heteroatoms. The molecule has 0 spiro atoms. The van der Waals surface area contributed by atoms with Crippen LogP contribution in [0.3, 0.4) is 0 Å². The number of nitrogens with zero attached hydrogens (tertiary/aromatic N) is 1. The molecular weight excluding hydrogens is 226 g/mol. The third-order valence-electron chi connectivity index (χ3n) is 2.37. The Kier molecular flexibility index (Phi) is 13.4. The van der Waals surface area contributed by atoms with E-state index in [1.54, 1.807) is 0 Å². The van der Waals surface area contributed by atoms with Gasteiger partial charge in [-0.1, -0.05) is 0 Å². The molecule has 0 unspecified atom stereocenters. The van der Waals surface area contributed by atoms with Gasteiger partial charge in [-0.3, -0.25) is 4.90 Å². The molecule has 0 aromatic carbocycles. The highest BCUT2D eigenvalue weighted by Crippen LogP contribution is 1.97. The predicted molar refractivity (Wildman–Crippen MR) is 69.4 cm³/mol. The largest absolute Gasteiger partial charge is 0.380 e. The summed E-state index contributed by atoms with van der Waals surface area (Å²) in [7, 11) is 0. The Hall–Kier alpha value is 0.170. The summed E-state index contributed by atoms with van der Waals surface area (Å²) in [6.07, 6.45) is 2.24. The van der Waals surface area contributed by atoms with Gasteiger partial charge >= 0.3 is 0 Å². The summed E-state index contributed by atoms with van der Waals surface area (Å²) in [5, 5.41) is 0. The van der Waals surface area contributed by atoms with Crippen molar-refractivity contribution in [3.8, 4) is 0 Å². The second-order valence-electron chi connectivity index (χ2n) is 3.63. The zero-order valence-corrected chi connectivity index (χ0v) is 11.5. The second kappa shape index (κ2) is 13.2. The zero-order valence-electron chi connectivity index (χ0n) is 10.7. The predicted octanol–water partition coefficient (Wildman–Crippen LogP) is 2.38. The van der Waals surface area contributed by atoms with Crippen LogP contribution in [0.5, 0.6) is 0 Å². The number of rotatable bonds is 12. The maximum atomic E-state index is 5.67. The van der Waals surface area contributed by atoms with Crippen molar-refractivity contribution in [3.05, 3.63) is 0 Å². The molecule has 0 bridgehead atoms. The normalized spacial score (nSPS) is 11.2. The highest BCUT2D eigenvalue weighted by molar-refractivity contribution is 6.17. The molecule has 0 N–H and O–H groups in total. The molecule has 0 rings (SSSR count). The van der Waals surface area contributed by atoms with Gasteiger partial charge in [0.2, 0.25) is 0 Å². The smallest absolute Gasteiger partial charge is 0.0593 e.